The smallest absolute Gasteiger partial charge is 0.239 e. The van der Waals surface area contributed by atoms with Crippen LogP contribution in [0.25, 0.3) is 0 Å². The van der Waals surface area contributed by atoms with E-state index in [9.17, 15) is 8.42 Å². The lowest BCUT2D eigenvalue weighted by Crippen LogP contribution is -2.13. The van der Waals surface area contributed by atoms with Crippen LogP contribution in [0.3, 0.4) is 0 Å². The van der Waals surface area contributed by atoms with Crippen molar-refractivity contribution in [1.82, 2.24) is 0 Å². The lowest BCUT2D eigenvalue weighted by Gasteiger charge is -2.18. The van der Waals surface area contributed by atoms with Crippen molar-refractivity contribution < 1.29 is 13.2 Å². The molecule has 0 radical (unpaired) electrons. The molecule has 1 rings (SSSR count). The SMILES string of the molecule is CC(C)(C)CCOc1ccc(S(N)(=O)=O)c(Cl)c1Cl. The van der Waals surface area contributed by atoms with Crippen LogP contribution >= 0.6 is 23.2 Å². The highest BCUT2D eigenvalue weighted by molar-refractivity contribution is 7.89. The zero-order valence-corrected chi connectivity index (χ0v) is 13.4. The third kappa shape index (κ3) is 4.84. The minimum absolute atomic E-state index is 0.0575. The average molecular weight is 326 g/mol. The Kier molecular flexibility index (Phi) is 5.12. The van der Waals surface area contributed by atoms with Crippen molar-refractivity contribution in [3.05, 3.63) is 22.2 Å². The number of sulfonamides is 1. The summed E-state index contributed by atoms with van der Waals surface area (Å²) in [5, 5.41) is 4.97. The molecule has 0 unspecified atom stereocenters. The van der Waals surface area contributed by atoms with Crippen LogP contribution in [0.2, 0.25) is 10.0 Å². The Morgan fingerprint density at radius 3 is 2.26 bits per heavy atom. The summed E-state index contributed by atoms with van der Waals surface area (Å²) < 4.78 is 28.0. The second-order valence-electron chi connectivity index (χ2n) is 5.39. The molecule has 0 atom stereocenters. The van der Waals surface area contributed by atoms with Gasteiger partial charge in [-0.3, -0.25) is 0 Å². The van der Waals surface area contributed by atoms with E-state index in [-0.39, 0.29) is 20.4 Å². The zero-order valence-electron chi connectivity index (χ0n) is 11.0. The molecule has 0 heterocycles. The lowest BCUT2D eigenvalue weighted by atomic mass is 9.93. The van der Waals surface area contributed by atoms with Crippen LogP contribution in [0.5, 0.6) is 5.75 Å². The Morgan fingerprint density at radius 1 is 1.21 bits per heavy atom. The van der Waals surface area contributed by atoms with Crippen LogP contribution < -0.4 is 9.88 Å². The van der Waals surface area contributed by atoms with Crippen molar-refractivity contribution in [2.24, 2.45) is 10.6 Å². The number of halogens is 2. The average Bonchev–Trinajstić information content (AvgIpc) is 2.20. The molecular weight excluding hydrogens is 309 g/mol. The maximum Gasteiger partial charge on any atom is 0.239 e. The molecule has 0 spiro atoms. The number of nitrogens with two attached hydrogens (primary N) is 1. The molecule has 0 aliphatic rings. The first-order valence-electron chi connectivity index (χ1n) is 5.66. The molecule has 0 bridgehead atoms. The van der Waals surface area contributed by atoms with Crippen LogP contribution in [-0.4, -0.2) is 15.0 Å². The number of hydrogen-bond acceptors (Lipinski definition) is 3. The van der Waals surface area contributed by atoms with Gasteiger partial charge in [0.25, 0.3) is 0 Å². The van der Waals surface area contributed by atoms with E-state index in [0.717, 1.165) is 6.42 Å². The third-order valence-corrected chi connectivity index (χ3v) is 4.36. The summed E-state index contributed by atoms with van der Waals surface area (Å²) in [5.41, 5.74) is 0.136. The summed E-state index contributed by atoms with van der Waals surface area (Å²) in [6.07, 6.45) is 0.831. The lowest BCUT2D eigenvalue weighted by molar-refractivity contribution is 0.243. The summed E-state index contributed by atoms with van der Waals surface area (Å²) in [6, 6.07) is 2.74. The van der Waals surface area contributed by atoms with E-state index in [2.05, 4.69) is 20.8 Å². The van der Waals surface area contributed by atoms with E-state index in [1.54, 1.807) is 0 Å². The van der Waals surface area contributed by atoms with Crippen molar-refractivity contribution in [2.75, 3.05) is 6.61 Å². The molecule has 0 aliphatic heterocycles. The topological polar surface area (TPSA) is 69.4 Å². The van der Waals surface area contributed by atoms with Gasteiger partial charge in [-0.2, -0.15) is 0 Å². The Bertz CT molecular complexity index is 565. The van der Waals surface area contributed by atoms with Crippen LogP contribution in [0, 0.1) is 5.41 Å². The van der Waals surface area contributed by atoms with Crippen molar-refractivity contribution in [2.45, 2.75) is 32.1 Å². The molecular formula is C12H17Cl2NO3S. The summed E-state index contributed by atoms with van der Waals surface area (Å²) in [5.74, 6) is 0.350. The standard InChI is InChI=1S/C12H17Cl2NO3S/c1-12(2,3)6-7-18-8-4-5-9(19(15,16)17)11(14)10(8)13/h4-5H,6-7H2,1-3H3,(H2,15,16,17). The summed E-state index contributed by atoms with van der Waals surface area (Å²) in [7, 11) is -3.89. The normalized spacial score (nSPS) is 12.5. The Labute approximate surface area is 123 Å². The molecule has 7 heteroatoms. The molecule has 0 amide bonds. The summed E-state index contributed by atoms with van der Waals surface area (Å²) >= 11 is 11.9. The highest BCUT2D eigenvalue weighted by Crippen LogP contribution is 2.36. The molecule has 0 aliphatic carbocycles. The molecule has 0 aromatic heterocycles. The maximum absolute atomic E-state index is 11.3. The Hall–Kier alpha value is -0.490. The number of primary sulfonamides is 1. The van der Waals surface area contributed by atoms with E-state index in [1.807, 2.05) is 0 Å². The fourth-order valence-electron chi connectivity index (χ4n) is 1.31. The molecule has 0 saturated heterocycles. The number of ether oxygens (including phenoxy) is 1. The first-order chi connectivity index (χ1) is 8.52. The fourth-order valence-corrected chi connectivity index (χ4v) is 2.68. The van der Waals surface area contributed by atoms with Gasteiger partial charge in [0.15, 0.2) is 0 Å². The molecule has 0 fully saturated rings. The van der Waals surface area contributed by atoms with Crippen molar-refractivity contribution in [3.63, 3.8) is 0 Å². The summed E-state index contributed by atoms with van der Waals surface area (Å²) in [6.45, 7) is 6.74. The maximum atomic E-state index is 11.3. The van der Waals surface area contributed by atoms with Gasteiger partial charge in [0.05, 0.1) is 11.6 Å². The highest BCUT2D eigenvalue weighted by Gasteiger charge is 2.19. The monoisotopic (exact) mass is 325 g/mol. The largest absolute Gasteiger partial charge is 0.492 e. The van der Waals surface area contributed by atoms with Gasteiger partial charge in [0, 0.05) is 0 Å². The summed E-state index contributed by atoms with van der Waals surface area (Å²) in [4.78, 5) is -0.206. The predicted molar refractivity (Wildman–Crippen MR) is 77.4 cm³/mol. The predicted octanol–water partition coefficient (Wildman–Crippen LogP) is 3.46. The molecule has 1 aromatic rings. The molecule has 2 N–H and O–H groups in total. The molecule has 4 nitrogen and oxygen atoms in total. The van der Waals surface area contributed by atoms with Crippen LogP contribution in [0.1, 0.15) is 27.2 Å². The van der Waals surface area contributed by atoms with Gasteiger partial charge in [0.2, 0.25) is 10.0 Å². The van der Waals surface area contributed by atoms with Gasteiger partial charge in [-0.05, 0) is 24.0 Å². The number of benzene rings is 1. The van der Waals surface area contributed by atoms with E-state index < -0.39 is 10.0 Å². The molecule has 1 aromatic carbocycles. The van der Waals surface area contributed by atoms with Crippen LogP contribution in [0.4, 0.5) is 0 Å². The van der Waals surface area contributed by atoms with Crippen molar-refractivity contribution in [3.8, 4) is 5.75 Å². The van der Waals surface area contributed by atoms with E-state index >= 15 is 0 Å². The fraction of sp³-hybridized carbons (Fsp3) is 0.500. The minimum atomic E-state index is -3.89. The molecule has 0 saturated carbocycles. The highest BCUT2D eigenvalue weighted by atomic mass is 35.5. The Balaban J connectivity index is 2.92. The van der Waals surface area contributed by atoms with Crippen molar-refractivity contribution in [1.29, 1.82) is 0 Å². The first-order valence-corrected chi connectivity index (χ1v) is 7.96. The van der Waals surface area contributed by atoms with Gasteiger partial charge >= 0.3 is 0 Å². The second-order valence-corrected chi connectivity index (χ2v) is 7.68. The third-order valence-electron chi connectivity index (χ3n) is 2.43. The number of hydrogen-bond donors (Lipinski definition) is 1. The Morgan fingerprint density at radius 2 is 1.79 bits per heavy atom. The van der Waals surface area contributed by atoms with Gasteiger partial charge < -0.3 is 4.74 Å². The van der Waals surface area contributed by atoms with Gasteiger partial charge in [-0.1, -0.05) is 44.0 Å². The van der Waals surface area contributed by atoms with Crippen molar-refractivity contribution >= 4 is 33.2 Å². The van der Waals surface area contributed by atoms with Gasteiger partial charge in [-0.15, -0.1) is 0 Å². The minimum Gasteiger partial charge on any atom is -0.492 e. The first kappa shape index (κ1) is 16.6. The van der Waals surface area contributed by atoms with Gasteiger partial charge in [-0.25, -0.2) is 13.6 Å². The van der Waals surface area contributed by atoms with Gasteiger partial charge in [0.1, 0.15) is 15.7 Å². The molecule has 108 valence electrons. The van der Waals surface area contributed by atoms with E-state index in [4.69, 9.17) is 33.1 Å². The van der Waals surface area contributed by atoms with Crippen LogP contribution in [-0.2, 0) is 10.0 Å². The van der Waals surface area contributed by atoms with Crippen LogP contribution in [0.15, 0.2) is 17.0 Å². The quantitative estimate of drug-likeness (QED) is 0.921. The molecule has 19 heavy (non-hydrogen) atoms. The van der Waals surface area contributed by atoms with E-state index in [0.29, 0.717) is 12.4 Å². The zero-order chi connectivity index (χ0) is 14.8. The van der Waals surface area contributed by atoms with E-state index in [1.165, 1.54) is 12.1 Å². The second kappa shape index (κ2) is 5.87. The number of rotatable bonds is 4.